The molecule has 0 radical (unpaired) electrons. The van der Waals surface area contributed by atoms with Gasteiger partial charge >= 0.3 is 0 Å². The van der Waals surface area contributed by atoms with E-state index in [4.69, 9.17) is 4.74 Å². The first kappa shape index (κ1) is 15.8. The third-order valence-electron chi connectivity index (χ3n) is 5.70. The number of aromatic nitrogens is 1. The highest BCUT2D eigenvalue weighted by Gasteiger charge is 2.40. The van der Waals surface area contributed by atoms with Crippen molar-refractivity contribution < 1.29 is 14.6 Å². The zero-order valence-electron chi connectivity index (χ0n) is 13.9. The lowest BCUT2D eigenvalue weighted by Crippen LogP contribution is -2.48. The SMILES string of the molecule is O=C(c1ncccc1O)N1C[C@H]2CC[C@@H]1CN(C1CCOCC1)C2. The Morgan fingerprint density at radius 2 is 1.96 bits per heavy atom. The molecule has 0 aliphatic carbocycles. The number of carbonyl (C=O) groups is 1. The molecule has 4 saturated heterocycles. The van der Waals surface area contributed by atoms with Crippen molar-refractivity contribution in [2.75, 3.05) is 32.8 Å². The molecule has 4 fully saturated rings. The van der Waals surface area contributed by atoms with Gasteiger partial charge in [-0.1, -0.05) is 0 Å². The van der Waals surface area contributed by atoms with E-state index in [0.717, 1.165) is 52.1 Å². The summed E-state index contributed by atoms with van der Waals surface area (Å²) < 4.78 is 5.49. The van der Waals surface area contributed by atoms with E-state index in [-0.39, 0.29) is 23.4 Å². The van der Waals surface area contributed by atoms with E-state index in [1.165, 1.54) is 12.5 Å². The zero-order chi connectivity index (χ0) is 16.5. The number of aromatic hydroxyl groups is 1. The second-order valence-electron chi connectivity index (χ2n) is 7.22. The molecule has 5 heterocycles. The van der Waals surface area contributed by atoms with Crippen molar-refractivity contribution in [3.63, 3.8) is 0 Å². The van der Waals surface area contributed by atoms with E-state index in [0.29, 0.717) is 12.0 Å². The summed E-state index contributed by atoms with van der Waals surface area (Å²) >= 11 is 0. The van der Waals surface area contributed by atoms with Gasteiger partial charge in [-0.25, -0.2) is 4.98 Å². The number of piperidine rings is 1. The molecule has 6 heteroatoms. The monoisotopic (exact) mass is 331 g/mol. The molecule has 1 aromatic heterocycles. The summed E-state index contributed by atoms with van der Waals surface area (Å²) in [7, 11) is 0. The minimum atomic E-state index is -0.128. The Bertz CT molecular complexity index is 603. The molecule has 5 rings (SSSR count). The number of rotatable bonds is 2. The van der Waals surface area contributed by atoms with Crippen LogP contribution in [-0.4, -0.2) is 70.7 Å². The summed E-state index contributed by atoms with van der Waals surface area (Å²) in [4.78, 5) is 21.5. The Balaban J connectivity index is 1.52. The van der Waals surface area contributed by atoms with Crippen molar-refractivity contribution >= 4 is 5.91 Å². The lowest BCUT2D eigenvalue weighted by atomic mass is 9.94. The number of carbonyl (C=O) groups excluding carboxylic acids is 1. The van der Waals surface area contributed by atoms with E-state index in [2.05, 4.69) is 9.88 Å². The summed E-state index contributed by atoms with van der Waals surface area (Å²) in [6.45, 7) is 4.47. The lowest BCUT2D eigenvalue weighted by Gasteiger charge is -2.37. The minimum absolute atomic E-state index is 0.0242. The van der Waals surface area contributed by atoms with Gasteiger partial charge in [0.05, 0.1) is 0 Å². The summed E-state index contributed by atoms with van der Waals surface area (Å²) in [6.07, 6.45) is 5.98. The van der Waals surface area contributed by atoms with Gasteiger partial charge in [0, 0.05) is 51.1 Å². The van der Waals surface area contributed by atoms with Crippen LogP contribution in [0.2, 0.25) is 0 Å². The molecule has 4 aliphatic rings. The van der Waals surface area contributed by atoms with E-state index < -0.39 is 0 Å². The van der Waals surface area contributed by atoms with Crippen LogP contribution in [0.15, 0.2) is 18.3 Å². The summed E-state index contributed by atoms with van der Waals surface area (Å²) in [5.41, 5.74) is 0.183. The average Bonchev–Trinajstić information content (AvgIpc) is 2.94. The number of pyridine rings is 1. The molecule has 4 aliphatic heterocycles. The molecule has 1 aromatic rings. The van der Waals surface area contributed by atoms with Crippen molar-refractivity contribution in [2.24, 2.45) is 5.92 Å². The van der Waals surface area contributed by atoms with Gasteiger partial charge in [0.1, 0.15) is 5.75 Å². The summed E-state index contributed by atoms with van der Waals surface area (Å²) in [6, 6.07) is 3.98. The standard InChI is InChI=1S/C18H25N3O3/c22-16-2-1-7-19-17(16)18(23)21-11-13-3-4-15(21)12-20(10-13)14-5-8-24-9-6-14/h1-2,7,13-15,22H,3-6,8-12H2/t13-,15+/m0/s1. The van der Waals surface area contributed by atoms with Gasteiger partial charge in [-0.15, -0.1) is 0 Å². The Labute approximate surface area is 142 Å². The van der Waals surface area contributed by atoms with Crippen LogP contribution >= 0.6 is 0 Å². The fourth-order valence-corrected chi connectivity index (χ4v) is 4.41. The van der Waals surface area contributed by atoms with Crippen LogP contribution in [0, 0.1) is 5.92 Å². The van der Waals surface area contributed by atoms with E-state index >= 15 is 0 Å². The first-order chi connectivity index (χ1) is 11.7. The topological polar surface area (TPSA) is 65.9 Å². The largest absolute Gasteiger partial charge is 0.505 e. The predicted octanol–water partition coefficient (Wildman–Crippen LogP) is 1.50. The van der Waals surface area contributed by atoms with Gasteiger partial charge in [-0.3, -0.25) is 9.69 Å². The second-order valence-corrected chi connectivity index (χ2v) is 7.22. The highest BCUT2D eigenvalue weighted by atomic mass is 16.5. The fraction of sp³-hybridized carbons (Fsp3) is 0.667. The Morgan fingerprint density at radius 1 is 1.12 bits per heavy atom. The quantitative estimate of drug-likeness (QED) is 0.890. The number of ether oxygens (including phenoxy) is 1. The van der Waals surface area contributed by atoms with Gasteiger partial charge in [-0.05, 0) is 43.7 Å². The molecule has 1 N–H and O–H groups in total. The fourth-order valence-electron chi connectivity index (χ4n) is 4.41. The van der Waals surface area contributed by atoms with Gasteiger partial charge < -0.3 is 14.7 Å². The van der Waals surface area contributed by atoms with Crippen molar-refractivity contribution in [1.29, 1.82) is 0 Å². The van der Waals surface area contributed by atoms with Crippen LogP contribution in [0.3, 0.4) is 0 Å². The maximum Gasteiger partial charge on any atom is 0.276 e. The average molecular weight is 331 g/mol. The van der Waals surface area contributed by atoms with Crippen LogP contribution in [-0.2, 0) is 4.74 Å². The van der Waals surface area contributed by atoms with Crippen LogP contribution in [0.5, 0.6) is 5.75 Å². The molecule has 0 aromatic carbocycles. The zero-order valence-corrected chi connectivity index (χ0v) is 13.9. The maximum absolute atomic E-state index is 12.9. The van der Waals surface area contributed by atoms with E-state index in [1.807, 2.05) is 4.90 Å². The predicted molar refractivity (Wildman–Crippen MR) is 88.9 cm³/mol. The van der Waals surface area contributed by atoms with Crippen molar-refractivity contribution in [2.45, 2.75) is 37.8 Å². The van der Waals surface area contributed by atoms with Gasteiger partial charge in [-0.2, -0.15) is 0 Å². The van der Waals surface area contributed by atoms with Gasteiger partial charge in [0.2, 0.25) is 0 Å². The highest BCUT2D eigenvalue weighted by Crippen LogP contribution is 2.32. The maximum atomic E-state index is 12.9. The molecule has 2 atom stereocenters. The molecule has 24 heavy (non-hydrogen) atoms. The van der Waals surface area contributed by atoms with Crippen molar-refractivity contribution in [3.8, 4) is 5.75 Å². The number of hydrogen-bond acceptors (Lipinski definition) is 5. The Morgan fingerprint density at radius 3 is 2.75 bits per heavy atom. The summed E-state index contributed by atoms with van der Waals surface area (Å²) in [5, 5.41) is 9.97. The molecule has 130 valence electrons. The third kappa shape index (κ3) is 3.00. The van der Waals surface area contributed by atoms with Crippen LogP contribution < -0.4 is 0 Å². The van der Waals surface area contributed by atoms with Gasteiger partial charge in [0.25, 0.3) is 5.91 Å². The molecule has 1 amide bonds. The van der Waals surface area contributed by atoms with E-state index in [1.54, 1.807) is 12.3 Å². The van der Waals surface area contributed by atoms with Crippen LogP contribution in [0.4, 0.5) is 0 Å². The highest BCUT2D eigenvalue weighted by molar-refractivity contribution is 5.95. The summed E-state index contributed by atoms with van der Waals surface area (Å²) in [5.74, 6) is 0.363. The van der Waals surface area contributed by atoms with Gasteiger partial charge in [0.15, 0.2) is 5.69 Å². The van der Waals surface area contributed by atoms with Crippen LogP contribution in [0.1, 0.15) is 36.2 Å². The molecule has 0 spiro atoms. The first-order valence-electron chi connectivity index (χ1n) is 8.99. The van der Waals surface area contributed by atoms with Crippen LogP contribution in [0.25, 0.3) is 0 Å². The van der Waals surface area contributed by atoms with Crippen molar-refractivity contribution in [1.82, 2.24) is 14.8 Å². The molecule has 0 unspecified atom stereocenters. The molecule has 0 saturated carbocycles. The Hall–Kier alpha value is -1.66. The van der Waals surface area contributed by atoms with Crippen molar-refractivity contribution in [3.05, 3.63) is 24.0 Å². The number of hydrogen-bond donors (Lipinski definition) is 1. The minimum Gasteiger partial charge on any atom is -0.505 e. The Kier molecular flexibility index (Phi) is 4.41. The number of nitrogens with zero attached hydrogens (tertiary/aromatic N) is 3. The molecular weight excluding hydrogens is 306 g/mol. The molecule has 2 bridgehead atoms. The second kappa shape index (κ2) is 6.69. The van der Waals surface area contributed by atoms with E-state index in [9.17, 15) is 9.90 Å². The smallest absolute Gasteiger partial charge is 0.276 e. The third-order valence-corrected chi connectivity index (χ3v) is 5.70. The molecule has 6 nitrogen and oxygen atoms in total. The first-order valence-corrected chi connectivity index (χ1v) is 8.99. The number of fused-ring (bicyclic) bond motifs is 4. The molecular formula is C18H25N3O3. The normalized spacial score (nSPS) is 28.8. The lowest BCUT2D eigenvalue weighted by molar-refractivity contribution is 0.0303. The number of amides is 1.